The van der Waals surface area contributed by atoms with E-state index < -0.39 is 0 Å². The predicted octanol–water partition coefficient (Wildman–Crippen LogP) is 0.636. The molecule has 0 radical (unpaired) electrons. The number of hydrogen-bond acceptors (Lipinski definition) is 4. The van der Waals surface area contributed by atoms with Gasteiger partial charge in [-0.2, -0.15) is 5.26 Å². The van der Waals surface area contributed by atoms with Gasteiger partial charge < -0.3 is 9.47 Å². The van der Waals surface area contributed by atoms with Gasteiger partial charge in [-0.1, -0.05) is 0 Å². The topological polar surface area (TPSA) is 45.5 Å². The average molecular weight is 198 g/mol. The first-order valence-electron chi connectivity index (χ1n) is 4.96. The second kappa shape index (κ2) is 5.97. The molecule has 0 N–H and O–H groups in total. The Bertz CT molecular complexity index is 191. The predicted molar refractivity (Wildman–Crippen MR) is 52.9 cm³/mol. The highest BCUT2D eigenvalue weighted by Gasteiger charge is 2.32. The van der Waals surface area contributed by atoms with Crippen molar-refractivity contribution in [3.63, 3.8) is 0 Å². The fourth-order valence-electron chi connectivity index (χ4n) is 1.84. The summed E-state index contributed by atoms with van der Waals surface area (Å²) in [6, 6.07) is 2.15. The van der Waals surface area contributed by atoms with Gasteiger partial charge in [-0.05, 0) is 13.0 Å². The minimum Gasteiger partial charge on any atom is -0.377 e. The molecule has 14 heavy (non-hydrogen) atoms. The lowest BCUT2D eigenvalue weighted by molar-refractivity contribution is -0.00461. The van der Waals surface area contributed by atoms with Crippen molar-refractivity contribution in [3.05, 3.63) is 0 Å². The Hall–Kier alpha value is -0.630. The minimum absolute atomic E-state index is 0.182. The fourth-order valence-corrected chi connectivity index (χ4v) is 1.84. The Kier molecular flexibility index (Phi) is 4.88. The summed E-state index contributed by atoms with van der Waals surface area (Å²) >= 11 is 0. The van der Waals surface area contributed by atoms with Crippen LogP contribution in [0.4, 0.5) is 0 Å². The van der Waals surface area contributed by atoms with Crippen molar-refractivity contribution in [3.8, 4) is 6.07 Å². The quantitative estimate of drug-likeness (QED) is 0.608. The smallest absolute Gasteiger partial charge is 0.0971 e. The highest BCUT2D eigenvalue weighted by atomic mass is 16.5. The molecule has 1 fully saturated rings. The minimum atomic E-state index is 0.182. The Morgan fingerprint density at radius 3 is 2.29 bits per heavy atom. The summed E-state index contributed by atoms with van der Waals surface area (Å²) in [6.45, 7) is 2.80. The van der Waals surface area contributed by atoms with E-state index in [-0.39, 0.29) is 12.2 Å². The van der Waals surface area contributed by atoms with Crippen LogP contribution in [0.5, 0.6) is 0 Å². The van der Waals surface area contributed by atoms with Crippen molar-refractivity contribution in [1.29, 1.82) is 5.26 Å². The highest BCUT2D eigenvalue weighted by molar-refractivity contribution is 4.86. The van der Waals surface area contributed by atoms with Gasteiger partial charge in [0.1, 0.15) is 0 Å². The lowest BCUT2D eigenvalue weighted by Crippen LogP contribution is -2.27. The van der Waals surface area contributed by atoms with Crippen molar-refractivity contribution < 1.29 is 9.47 Å². The summed E-state index contributed by atoms with van der Waals surface area (Å²) in [6.07, 6.45) is 1.93. The van der Waals surface area contributed by atoms with Crippen LogP contribution in [0.1, 0.15) is 12.8 Å². The Morgan fingerprint density at radius 1 is 1.29 bits per heavy atom. The summed E-state index contributed by atoms with van der Waals surface area (Å²) in [7, 11) is 3.44. The number of unbranched alkanes of at least 4 members (excludes halogenated alkanes) is 1. The molecule has 2 atom stereocenters. The van der Waals surface area contributed by atoms with Crippen molar-refractivity contribution in [2.75, 3.05) is 33.9 Å². The second-order valence-electron chi connectivity index (χ2n) is 3.57. The number of likely N-dealkylation sites (tertiary alicyclic amines) is 1. The van der Waals surface area contributed by atoms with Crippen molar-refractivity contribution in [2.45, 2.75) is 25.0 Å². The number of nitrogens with zero attached hydrogens (tertiary/aromatic N) is 2. The van der Waals surface area contributed by atoms with Gasteiger partial charge in [-0.15, -0.1) is 0 Å². The molecular weight excluding hydrogens is 180 g/mol. The van der Waals surface area contributed by atoms with E-state index in [1.54, 1.807) is 14.2 Å². The number of rotatable bonds is 5. The summed E-state index contributed by atoms with van der Waals surface area (Å²) in [5, 5.41) is 8.42. The summed E-state index contributed by atoms with van der Waals surface area (Å²) in [4.78, 5) is 2.29. The maximum atomic E-state index is 8.42. The third kappa shape index (κ3) is 2.95. The average Bonchev–Trinajstić information content (AvgIpc) is 2.61. The van der Waals surface area contributed by atoms with E-state index in [0.29, 0.717) is 6.42 Å². The first kappa shape index (κ1) is 11.4. The van der Waals surface area contributed by atoms with Crippen LogP contribution in [-0.2, 0) is 9.47 Å². The van der Waals surface area contributed by atoms with Gasteiger partial charge in [0, 0.05) is 33.7 Å². The monoisotopic (exact) mass is 198 g/mol. The number of ether oxygens (including phenoxy) is 2. The van der Waals surface area contributed by atoms with Crippen LogP contribution in [0.25, 0.3) is 0 Å². The molecule has 4 heteroatoms. The summed E-state index contributed by atoms with van der Waals surface area (Å²) in [5.74, 6) is 0. The van der Waals surface area contributed by atoms with E-state index in [4.69, 9.17) is 14.7 Å². The number of nitriles is 1. The molecule has 4 nitrogen and oxygen atoms in total. The molecule has 0 spiro atoms. The van der Waals surface area contributed by atoms with Gasteiger partial charge in [0.05, 0.1) is 18.3 Å². The van der Waals surface area contributed by atoms with Gasteiger partial charge in [0.2, 0.25) is 0 Å². The summed E-state index contributed by atoms with van der Waals surface area (Å²) in [5.41, 5.74) is 0. The molecule has 0 aromatic heterocycles. The Balaban J connectivity index is 2.27. The molecule has 0 bridgehead atoms. The SMILES string of the molecule is COC1CN(CCCC#N)CC1OC. The van der Waals surface area contributed by atoms with E-state index in [9.17, 15) is 0 Å². The van der Waals surface area contributed by atoms with Gasteiger partial charge in [-0.25, -0.2) is 0 Å². The molecule has 1 aliphatic rings. The van der Waals surface area contributed by atoms with E-state index in [2.05, 4.69) is 11.0 Å². The standard InChI is InChI=1S/C10H18N2O2/c1-13-9-7-12(6-4-3-5-11)8-10(9)14-2/h9-10H,3-4,6-8H2,1-2H3. The molecule has 0 aromatic rings. The zero-order valence-corrected chi connectivity index (χ0v) is 8.90. The van der Waals surface area contributed by atoms with Gasteiger partial charge >= 0.3 is 0 Å². The molecule has 1 heterocycles. The maximum Gasteiger partial charge on any atom is 0.0971 e. The van der Waals surface area contributed by atoms with Crippen LogP contribution in [0, 0.1) is 11.3 Å². The second-order valence-corrected chi connectivity index (χ2v) is 3.57. The number of methoxy groups -OCH3 is 2. The van der Waals surface area contributed by atoms with Gasteiger partial charge in [-0.3, -0.25) is 4.90 Å². The molecule has 80 valence electrons. The van der Waals surface area contributed by atoms with Crippen molar-refractivity contribution in [1.82, 2.24) is 4.90 Å². The first-order chi connectivity index (χ1) is 6.81. The molecule has 1 aliphatic heterocycles. The lowest BCUT2D eigenvalue weighted by atomic mass is 10.3. The normalized spacial score (nSPS) is 27.8. The van der Waals surface area contributed by atoms with E-state index in [1.807, 2.05) is 0 Å². The molecule has 1 saturated heterocycles. The molecule has 0 aromatic carbocycles. The van der Waals surface area contributed by atoms with Crippen LogP contribution in [0.15, 0.2) is 0 Å². The largest absolute Gasteiger partial charge is 0.377 e. The van der Waals surface area contributed by atoms with Crippen molar-refractivity contribution in [2.24, 2.45) is 0 Å². The maximum absolute atomic E-state index is 8.42. The third-order valence-electron chi connectivity index (χ3n) is 2.66. The third-order valence-corrected chi connectivity index (χ3v) is 2.66. The fraction of sp³-hybridized carbons (Fsp3) is 0.900. The molecule has 1 rings (SSSR count). The van der Waals surface area contributed by atoms with Crippen LogP contribution < -0.4 is 0 Å². The van der Waals surface area contributed by atoms with E-state index in [1.165, 1.54) is 0 Å². The molecule has 0 aliphatic carbocycles. The van der Waals surface area contributed by atoms with E-state index >= 15 is 0 Å². The van der Waals surface area contributed by atoms with Crippen LogP contribution in [0.2, 0.25) is 0 Å². The zero-order valence-electron chi connectivity index (χ0n) is 8.90. The number of hydrogen-bond donors (Lipinski definition) is 0. The first-order valence-corrected chi connectivity index (χ1v) is 4.96. The molecular formula is C10H18N2O2. The Labute approximate surface area is 85.4 Å². The summed E-state index contributed by atoms with van der Waals surface area (Å²) < 4.78 is 10.6. The van der Waals surface area contributed by atoms with Gasteiger partial charge in [0.25, 0.3) is 0 Å². The van der Waals surface area contributed by atoms with Gasteiger partial charge in [0.15, 0.2) is 0 Å². The molecule has 2 unspecified atom stereocenters. The highest BCUT2D eigenvalue weighted by Crippen LogP contribution is 2.15. The van der Waals surface area contributed by atoms with Crippen LogP contribution >= 0.6 is 0 Å². The lowest BCUT2D eigenvalue weighted by Gasteiger charge is -2.13. The van der Waals surface area contributed by atoms with Crippen molar-refractivity contribution >= 4 is 0 Å². The molecule has 0 amide bonds. The van der Waals surface area contributed by atoms with E-state index in [0.717, 1.165) is 26.1 Å². The van der Waals surface area contributed by atoms with Crippen LogP contribution in [0.3, 0.4) is 0 Å². The van der Waals surface area contributed by atoms with Crippen LogP contribution in [-0.4, -0.2) is 51.0 Å². The zero-order chi connectivity index (χ0) is 10.4. The molecule has 0 saturated carbocycles. The Morgan fingerprint density at radius 2 is 1.86 bits per heavy atom.